The van der Waals surface area contributed by atoms with Crippen LogP contribution in [0.1, 0.15) is 49.8 Å². The van der Waals surface area contributed by atoms with Crippen LogP contribution in [0.15, 0.2) is 24.3 Å². The number of nitrogens with zero attached hydrogens (tertiary/aromatic N) is 3. The van der Waals surface area contributed by atoms with E-state index in [1.165, 1.54) is 0 Å². The van der Waals surface area contributed by atoms with Crippen molar-refractivity contribution in [1.82, 2.24) is 15.3 Å². The summed E-state index contributed by atoms with van der Waals surface area (Å²) in [5, 5.41) is 7.93. The summed E-state index contributed by atoms with van der Waals surface area (Å²) in [6.07, 6.45) is 5.45. The lowest BCUT2D eigenvalue weighted by Crippen LogP contribution is -2.44. The van der Waals surface area contributed by atoms with Crippen LogP contribution in [-0.4, -0.2) is 42.1 Å². The van der Waals surface area contributed by atoms with E-state index in [0.29, 0.717) is 22.0 Å². The molecule has 0 saturated heterocycles. The molecule has 0 aliphatic heterocycles. The van der Waals surface area contributed by atoms with Crippen molar-refractivity contribution in [3.05, 3.63) is 45.6 Å². The molecule has 0 bridgehead atoms. The van der Waals surface area contributed by atoms with Gasteiger partial charge in [0, 0.05) is 48.0 Å². The molecular formula is C23H29Cl2N5O. The lowest BCUT2D eigenvalue weighted by Gasteiger charge is -2.31. The number of nitrogens with one attached hydrogen (secondary N) is 2. The summed E-state index contributed by atoms with van der Waals surface area (Å²) < 4.78 is 0. The number of hydrogen-bond donors (Lipinski definition) is 2. The molecule has 2 saturated carbocycles. The fraction of sp³-hybridized carbons (Fsp3) is 0.522. The molecule has 0 unspecified atom stereocenters. The van der Waals surface area contributed by atoms with Crippen molar-refractivity contribution in [3.8, 4) is 0 Å². The summed E-state index contributed by atoms with van der Waals surface area (Å²) in [6, 6.07) is 7.88. The molecular weight excluding hydrogens is 433 g/mol. The lowest BCUT2D eigenvalue weighted by molar-refractivity contribution is -0.124. The van der Waals surface area contributed by atoms with Gasteiger partial charge in [-0.3, -0.25) is 4.79 Å². The zero-order valence-electron chi connectivity index (χ0n) is 18.2. The van der Waals surface area contributed by atoms with Gasteiger partial charge in [0.1, 0.15) is 5.82 Å². The fourth-order valence-corrected chi connectivity index (χ4v) is 4.94. The molecule has 0 spiro atoms. The lowest BCUT2D eigenvalue weighted by atomic mass is 9.89. The van der Waals surface area contributed by atoms with Gasteiger partial charge < -0.3 is 15.5 Å². The third-order valence-electron chi connectivity index (χ3n) is 6.33. The largest absolute Gasteiger partial charge is 0.363 e. The summed E-state index contributed by atoms with van der Waals surface area (Å²) >= 11 is 12.4. The Morgan fingerprint density at radius 2 is 1.74 bits per heavy atom. The SMILES string of the molecule is Cc1cc(N(C)C)nc(NC2CCC(NC(=O)C3(c4ccc(Cl)cc4Cl)CC3)CC2)n1. The van der Waals surface area contributed by atoms with Crippen LogP contribution in [0.5, 0.6) is 0 Å². The number of rotatable bonds is 6. The first-order chi connectivity index (χ1) is 14.8. The van der Waals surface area contributed by atoms with Gasteiger partial charge in [-0.1, -0.05) is 29.3 Å². The van der Waals surface area contributed by atoms with E-state index < -0.39 is 5.41 Å². The number of benzene rings is 1. The van der Waals surface area contributed by atoms with E-state index in [-0.39, 0.29) is 11.9 Å². The van der Waals surface area contributed by atoms with Gasteiger partial charge in [0.2, 0.25) is 11.9 Å². The third-order valence-corrected chi connectivity index (χ3v) is 6.87. The van der Waals surface area contributed by atoms with E-state index >= 15 is 0 Å². The van der Waals surface area contributed by atoms with Crippen LogP contribution in [-0.2, 0) is 10.2 Å². The van der Waals surface area contributed by atoms with Crippen LogP contribution >= 0.6 is 23.2 Å². The highest BCUT2D eigenvalue weighted by molar-refractivity contribution is 6.35. The Balaban J connectivity index is 1.33. The minimum Gasteiger partial charge on any atom is -0.363 e. The summed E-state index contributed by atoms with van der Waals surface area (Å²) in [5.41, 5.74) is 1.34. The summed E-state index contributed by atoms with van der Waals surface area (Å²) in [4.78, 5) is 24.2. The molecule has 4 rings (SSSR count). The van der Waals surface area contributed by atoms with Crippen LogP contribution in [0.25, 0.3) is 0 Å². The van der Waals surface area contributed by atoms with Crippen LogP contribution in [0.3, 0.4) is 0 Å². The molecule has 166 valence electrons. The summed E-state index contributed by atoms with van der Waals surface area (Å²) in [5.74, 6) is 1.66. The Hall–Kier alpha value is -2.05. The zero-order valence-corrected chi connectivity index (χ0v) is 19.7. The standard InChI is InChI=1S/C23H29Cl2N5O/c1-14-12-20(30(2)3)29-22(26-14)28-17-7-5-16(6-8-17)27-21(31)23(10-11-23)18-9-4-15(24)13-19(18)25/h4,9,12-13,16-17H,5-8,10-11H2,1-3H3,(H,27,31)(H,26,28,29). The Bertz CT molecular complexity index is 968. The molecule has 2 aromatic rings. The molecule has 0 atom stereocenters. The number of carbonyl (C=O) groups is 1. The van der Waals surface area contributed by atoms with E-state index in [1.54, 1.807) is 6.07 Å². The fourth-order valence-electron chi connectivity index (χ4n) is 4.36. The second-order valence-corrected chi connectivity index (χ2v) is 9.80. The predicted molar refractivity (Wildman–Crippen MR) is 126 cm³/mol. The maximum Gasteiger partial charge on any atom is 0.230 e. The van der Waals surface area contributed by atoms with Crippen LogP contribution in [0.4, 0.5) is 11.8 Å². The van der Waals surface area contributed by atoms with Gasteiger partial charge in [0.05, 0.1) is 5.41 Å². The van der Waals surface area contributed by atoms with Gasteiger partial charge >= 0.3 is 0 Å². The topological polar surface area (TPSA) is 70.2 Å². The minimum atomic E-state index is -0.491. The third kappa shape index (κ3) is 4.90. The van der Waals surface area contributed by atoms with Crippen molar-refractivity contribution < 1.29 is 4.79 Å². The molecule has 1 aromatic carbocycles. The minimum absolute atomic E-state index is 0.0887. The van der Waals surface area contributed by atoms with Gasteiger partial charge in [0.25, 0.3) is 0 Å². The number of hydrogen-bond acceptors (Lipinski definition) is 5. The Morgan fingerprint density at radius 1 is 1.06 bits per heavy atom. The van der Waals surface area contributed by atoms with E-state index in [2.05, 4.69) is 20.6 Å². The molecule has 31 heavy (non-hydrogen) atoms. The van der Waals surface area contributed by atoms with Gasteiger partial charge in [0.15, 0.2) is 0 Å². The van der Waals surface area contributed by atoms with Crippen LogP contribution in [0.2, 0.25) is 10.0 Å². The van der Waals surface area contributed by atoms with Crippen molar-refractivity contribution in [2.75, 3.05) is 24.3 Å². The van der Waals surface area contributed by atoms with Crippen LogP contribution in [0, 0.1) is 6.92 Å². The quantitative estimate of drug-likeness (QED) is 0.650. The van der Waals surface area contributed by atoms with Crippen molar-refractivity contribution in [2.24, 2.45) is 0 Å². The van der Waals surface area contributed by atoms with E-state index in [4.69, 9.17) is 23.2 Å². The first kappa shape index (κ1) is 22.2. The van der Waals surface area contributed by atoms with Gasteiger partial charge in [-0.05, 0) is 63.1 Å². The van der Waals surface area contributed by atoms with Gasteiger partial charge in [-0.15, -0.1) is 0 Å². The molecule has 2 N–H and O–H groups in total. The van der Waals surface area contributed by atoms with E-state index in [1.807, 2.05) is 44.1 Å². The summed E-state index contributed by atoms with van der Waals surface area (Å²) in [7, 11) is 3.95. The van der Waals surface area contributed by atoms with Crippen molar-refractivity contribution >= 4 is 40.9 Å². The highest BCUT2D eigenvalue weighted by Gasteiger charge is 2.52. The Labute approximate surface area is 193 Å². The molecule has 0 radical (unpaired) electrons. The maximum atomic E-state index is 13.1. The number of anilines is 2. The van der Waals surface area contributed by atoms with Crippen LogP contribution < -0.4 is 15.5 Å². The predicted octanol–water partition coefficient (Wildman–Crippen LogP) is 4.73. The molecule has 6 nitrogen and oxygen atoms in total. The summed E-state index contributed by atoms with van der Waals surface area (Å²) in [6.45, 7) is 1.98. The van der Waals surface area contributed by atoms with E-state index in [9.17, 15) is 4.79 Å². The smallest absolute Gasteiger partial charge is 0.230 e. The second kappa shape index (κ2) is 8.83. The van der Waals surface area contributed by atoms with Gasteiger partial charge in [-0.25, -0.2) is 4.98 Å². The van der Waals surface area contributed by atoms with Gasteiger partial charge in [-0.2, -0.15) is 4.98 Å². The number of amides is 1. The molecule has 1 amide bonds. The highest BCUT2D eigenvalue weighted by atomic mass is 35.5. The highest BCUT2D eigenvalue weighted by Crippen LogP contribution is 2.51. The molecule has 2 aliphatic carbocycles. The van der Waals surface area contributed by atoms with Crippen molar-refractivity contribution in [3.63, 3.8) is 0 Å². The first-order valence-electron chi connectivity index (χ1n) is 10.8. The Morgan fingerprint density at radius 3 is 2.35 bits per heavy atom. The van der Waals surface area contributed by atoms with Crippen molar-refractivity contribution in [2.45, 2.75) is 62.9 Å². The zero-order chi connectivity index (χ0) is 22.2. The maximum absolute atomic E-state index is 13.1. The number of halogens is 2. The van der Waals surface area contributed by atoms with Crippen molar-refractivity contribution in [1.29, 1.82) is 0 Å². The molecule has 8 heteroatoms. The molecule has 2 aliphatic rings. The number of aromatic nitrogens is 2. The first-order valence-corrected chi connectivity index (χ1v) is 11.6. The molecule has 1 heterocycles. The second-order valence-electron chi connectivity index (χ2n) is 8.96. The Kier molecular flexibility index (Phi) is 6.31. The molecule has 2 fully saturated rings. The number of carbonyl (C=O) groups excluding carboxylic acids is 1. The normalized spacial score (nSPS) is 22.0. The monoisotopic (exact) mass is 461 g/mol. The number of aryl methyl sites for hydroxylation is 1. The molecule has 1 aromatic heterocycles. The average molecular weight is 462 g/mol. The van der Waals surface area contributed by atoms with E-state index in [0.717, 1.165) is 55.6 Å². The average Bonchev–Trinajstić information content (AvgIpc) is 3.51.